The van der Waals surface area contributed by atoms with Gasteiger partial charge in [-0.05, 0) is 30.5 Å². The van der Waals surface area contributed by atoms with E-state index in [-0.39, 0.29) is 30.3 Å². The molecule has 2 heterocycles. The van der Waals surface area contributed by atoms with Gasteiger partial charge in [0.1, 0.15) is 0 Å². The average Bonchev–Trinajstić information content (AvgIpc) is 2.87. The fourth-order valence-corrected chi connectivity index (χ4v) is 3.68. The van der Waals surface area contributed by atoms with Crippen molar-refractivity contribution in [2.75, 3.05) is 13.1 Å². The van der Waals surface area contributed by atoms with E-state index in [1.54, 1.807) is 24.3 Å². The summed E-state index contributed by atoms with van der Waals surface area (Å²) in [5.41, 5.74) is 2.07. The van der Waals surface area contributed by atoms with Gasteiger partial charge < -0.3 is 4.90 Å². The van der Waals surface area contributed by atoms with E-state index in [1.165, 1.54) is 4.90 Å². The van der Waals surface area contributed by atoms with Crippen LogP contribution >= 0.6 is 0 Å². The molecule has 26 heavy (non-hydrogen) atoms. The lowest BCUT2D eigenvalue weighted by Gasteiger charge is -2.41. The van der Waals surface area contributed by atoms with Crippen molar-refractivity contribution in [1.82, 2.24) is 9.80 Å². The highest BCUT2D eigenvalue weighted by atomic mass is 16.2. The first-order valence-electron chi connectivity index (χ1n) is 8.96. The lowest BCUT2D eigenvalue weighted by molar-refractivity contribution is -0.139. The first kappa shape index (κ1) is 16.5. The predicted molar refractivity (Wildman–Crippen MR) is 96.6 cm³/mol. The summed E-state index contributed by atoms with van der Waals surface area (Å²) in [7, 11) is 0. The standard InChI is InChI=1S/C21H20N2O3/c24-19(22-14-12-18(22)15-7-2-1-3-8-15)11-6-13-23-20(25)16-9-4-5-10-17(16)21(23)26/h1-5,7-10,18H,6,11-14H2/t18-/m1/s1. The van der Waals surface area contributed by atoms with Crippen molar-refractivity contribution in [3.63, 3.8) is 0 Å². The quantitative estimate of drug-likeness (QED) is 0.781. The number of hydrogen-bond acceptors (Lipinski definition) is 3. The number of rotatable bonds is 5. The third kappa shape index (κ3) is 2.79. The fraction of sp³-hybridized carbons (Fsp3) is 0.286. The van der Waals surface area contributed by atoms with E-state index < -0.39 is 0 Å². The Balaban J connectivity index is 1.32. The van der Waals surface area contributed by atoms with Crippen LogP contribution in [-0.2, 0) is 4.79 Å². The number of benzene rings is 2. The van der Waals surface area contributed by atoms with E-state index in [2.05, 4.69) is 0 Å². The number of hydrogen-bond donors (Lipinski definition) is 0. The van der Waals surface area contributed by atoms with E-state index in [9.17, 15) is 14.4 Å². The highest BCUT2D eigenvalue weighted by Crippen LogP contribution is 2.33. The van der Waals surface area contributed by atoms with Crippen LogP contribution in [0.3, 0.4) is 0 Å². The zero-order chi connectivity index (χ0) is 18.1. The van der Waals surface area contributed by atoms with Crippen molar-refractivity contribution in [1.29, 1.82) is 0 Å². The van der Waals surface area contributed by atoms with Gasteiger partial charge in [-0.1, -0.05) is 42.5 Å². The number of amides is 3. The molecular weight excluding hydrogens is 328 g/mol. The van der Waals surface area contributed by atoms with Crippen LogP contribution in [-0.4, -0.2) is 40.6 Å². The molecule has 2 aliphatic heterocycles. The molecule has 5 nitrogen and oxygen atoms in total. The van der Waals surface area contributed by atoms with E-state index in [0.29, 0.717) is 24.0 Å². The smallest absolute Gasteiger partial charge is 0.261 e. The van der Waals surface area contributed by atoms with Crippen LogP contribution < -0.4 is 0 Å². The molecular formula is C21H20N2O3. The minimum absolute atomic E-state index is 0.0849. The Morgan fingerprint density at radius 3 is 2.12 bits per heavy atom. The van der Waals surface area contributed by atoms with Crippen LogP contribution in [0.2, 0.25) is 0 Å². The van der Waals surface area contributed by atoms with E-state index in [0.717, 1.165) is 18.5 Å². The first-order valence-corrected chi connectivity index (χ1v) is 8.96. The molecule has 3 amide bonds. The van der Waals surface area contributed by atoms with Crippen molar-refractivity contribution in [2.45, 2.75) is 25.3 Å². The van der Waals surface area contributed by atoms with Crippen LogP contribution in [0.5, 0.6) is 0 Å². The number of likely N-dealkylation sites (tertiary alicyclic amines) is 1. The monoisotopic (exact) mass is 348 g/mol. The van der Waals surface area contributed by atoms with Gasteiger partial charge in [0, 0.05) is 19.5 Å². The molecule has 2 aromatic carbocycles. The Bertz CT molecular complexity index is 828. The van der Waals surface area contributed by atoms with Gasteiger partial charge in [0.15, 0.2) is 0 Å². The number of carbonyl (C=O) groups excluding carboxylic acids is 3. The fourth-order valence-electron chi connectivity index (χ4n) is 3.68. The minimum atomic E-state index is -0.260. The third-order valence-electron chi connectivity index (χ3n) is 5.17. The Morgan fingerprint density at radius 2 is 1.54 bits per heavy atom. The van der Waals surface area contributed by atoms with Gasteiger partial charge in [-0.2, -0.15) is 0 Å². The number of imide groups is 1. The molecule has 0 spiro atoms. The average molecular weight is 348 g/mol. The highest BCUT2D eigenvalue weighted by molar-refractivity contribution is 6.21. The SMILES string of the molecule is O=C1c2ccccc2C(=O)N1CCCC(=O)N1CC[C@@H]1c1ccccc1. The molecule has 132 valence electrons. The van der Waals surface area contributed by atoms with Gasteiger partial charge in [0.05, 0.1) is 17.2 Å². The summed E-state index contributed by atoms with van der Waals surface area (Å²) in [4.78, 5) is 40.3. The number of carbonyl (C=O) groups is 3. The van der Waals surface area contributed by atoms with Crippen molar-refractivity contribution in [3.05, 3.63) is 71.3 Å². The maximum Gasteiger partial charge on any atom is 0.261 e. The molecule has 0 unspecified atom stereocenters. The molecule has 0 saturated carbocycles. The second-order valence-corrected chi connectivity index (χ2v) is 6.71. The van der Waals surface area contributed by atoms with Gasteiger partial charge >= 0.3 is 0 Å². The summed E-state index contributed by atoms with van der Waals surface area (Å²) in [6, 6.07) is 17.0. The molecule has 0 aromatic heterocycles. The van der Waals surface area contributed by atoms with Crippen molar-refractivity contribution >= 4 is 17.7 Å². The molecule has 1 fully saturated rings. The summed E-state index contributed by atoms with van der Waals surface area (Å²) in [6.07, 6.45) is 1.81. The highest BCUT2D eigenvalue weighted by Gasteiger charge is 2.36. The maximum absolute atomic E-state index is 12.5. The second kappa shape index (κ2) is 6.75. The lowest BCUT2D eigenvalue weighted by atomic mass is 9.94. The Hall–Kier alpha value is -2.95. The number of fused-ring (bicyclic) bond motifs is 1. The molecule has 2 aliphatic rings. The van der Waals surface area contributed by atoms with Gasteiger partial charge in [0.25, 0.3) is 11.8 Å². The first-order chi connectivity index (χ1) is 12.7. The summed E-state index contributed by atoms with van der Waals surface area (Å²) in [5, 5.41) is 0. The minimum Gasteiger partial charge on any atom is -0.336 e. The molecule has 0 radical (unpaired) electrons. The predicted octanol–water partition coefficient (Wildman–Crippen LogP) is 3.04. The third-order valence-corrected chi connectivity index (χ3v) is 5.17. The molecule has 5 heteroatoms. The van der Waals surface area contributed by atoms with Crippen LogP contribution in [0.4, 0.5) is 0 Å². The zero-order valence-corrected chi connectivity index (χ0v) is 14.4. The topological polar surface area (TPSA) is 57.7 Å². The largest absolute Gasteiger partial charge is 0.336 e. The Kier molecular flexibility index (Phi) is 4.29. The van der Waals surface area contributed by atoms with Gasteiger partial charge in [-0.3, -0.25) is 19.3 Å². The molecule has 0 aliphatic carbocycles. The molecule has 0 N–H and O–H groups in total. The van der Waals surface area contributed by atoms with Gasteiger partial charge in [-0.25, -0.2) is 0 Å². The van der Waals surface area contributed by atoms with Crippen LogP contribution in [0.15, 0.2) is 54.6 Å². The Labute approximate surface area is 152 Å². The van der Waals surface area contributed by atoms with Gasteiger partial charge in [-0.15, -0.1) is 0 Å². The molecule has 1 atom stereocenters. The van der Waals surface area contributed by atoms with Crippen molar-refractivity contribution in [2.24, 2.45) is 0 Å². The normalized spacial score (nSPS) is 18.7. The van der Waals surface area contributed by atoms with Crippen LogP contribution in [0.25, 0.3) is 0 Å². The van der Waals surface area contributed by atoms with Gasteiger partial charge in [0.2, 0.25) is 5.91 Å². The van der Waals surface area contributed by atoms with Crippen LogP contribution in [0.1, 0.15) is 51.6 Å². The van der Waals surface area contributed by atoms with E-state index in [4.69, 9.17) is 0 Å². The van der Waals surface area contributed by atoms with Crippen LogP contribution in [0, 0.1) is 0 Å². The maximum atomic E-state index is 12.5. The summed E-state index contributed by atoms with van der Waals surface area (Å²) in [5.74, 6) is -0.435. The van der Waals surface area contributed by atoms with E-state index >= 15 is 0 Å². The van der Waals surface area contributed by atoms with Crippen molar-refractivity contribution < 1.29 is 14.4 Å². The lowest BCUT2D eigenvalue weighted by Crippen LogP contribution is -2.45. The molecule has 0 bridgehead atoms. The Morgan fingerprint density at radius 1 is 0.923 bits per heavy atom. The summed E-state index contributed by atoms with van der Waals surface area (Å²) >= 11 is 0. The number of nitrogens with zero attached hydrogens (tertiary/aromatic N) is 2. The van der Waals surface area contributed by atoms with Crippen molar-refractivity contribution in [3.8, 4) is 0 Å². The molecule has 2 aromatic rings. The second-order valence-electron chi connectivity index (χ2n) is 6.71. The summed E-state index contributed by atoms with van der Waals surface area (Å²) < 4.78 is 0. The summed E-state index contributed by atoms with van der Waals surface area (Å²) in [6.45, 7) is 1.05. The zero-order valence-electron chi connectivity index (χ0n) is 14.4. The molecule has 1 saturated heterocycles. The molecule has 4 rings (SSSR count). The van der Waals surface area contributed by atoms with E-state index in [1.807, 2.05) is 35.2 Å².